The highest BCUT2D eigenvalue weighted by Gasteiger charge is 2.15. The Labute approximate surface area is 171 Å². The number of rotatable bonds is 5. The van der Waals surface area contributed by atoms with Crippen LogP contribution in [0.5, 0.6) is 0 Å². The Balaban J connectivity index is 1.60. The first-order valence-corrected chi connectivity index (χ1v) is 9.74. The van der Waals surface area contributed by atoms with E-state index in [1.165, 1.54) is 18.8 Å². The fourth-order valence-electron chi connectivity index (χ4n) is 2.88. The molecule has 4 aromatic rings. The predicted molar refractivity (Wildman–Crippen MR) is 114 cm³/mol. The monoisotopic (exact) mass is 402 g/mol. The van der Waals surface area contributed by atoms with Gasteiger partial charge in [0.15, 0.2) is 0 Å². The lowest BCUT2D eigenvalue weighted by Crippen LogP contribution is -2.22. The van der Waals surface area contributed by atoms with Gasteiger partial charge < -0.3 is 0 Å². The first-order valence-electron chi connectivity index (χ1n) is 8.93. The second kappa shape index (κ2) is 8.30. The van der Waals surface area contributed by atoms with Crippen molar-refractivity contribution in [2.75, 3.05) is 7.05 Å². The van der Waals surface area contributed by atoms with Crippen molar-refractivity contribution >= 4 is 40.7 Å². The first-order chi connectivity index (χ1) is 14.1. The second-order valence-corrected chi connectivity index (χ2v) is 7.45. The van der Waals surface area contributed by atoms with Gasteiger partial charge in [0.1, 0.15) is 0 Å². The molecular weight excluding hydrogens is 384 g/mol. The number of nitrogens with one attached hydrogen (secondary N) is 1. The molecule has 0 atom stereocenters. The van der Waals surface area contributed by atoms with Crippen molar-refractivity contribution in [3.63, 3.8) is 0 Å². The van der Waals surface area contributed by atoms with E-state index in [-0.39, 0.29) is 0 Å². The van der Waals surface area contributed by atoms with E-state index in [1.807, 2.05) is 60.7 Å². The van der Waals surface area contributed by atoms with Crippen LogP contribution in [-0.4, -0.2) is 38.4 Å². The van der Waals surface area contributed by atoms with E-state index in [1.54, 1.807) is 18.3 Å². The predicted octanol–water partition coefficient (Wildman–Crippen LogP) is 4.74. The number of aromatic nitrogens is 3. The summed E-state index contributed by atoms with van der Waals surface area (Å²) in [6.45, 7) is 0. The summed E-state index contributed by atoms with van der Waals surface area (Å²) in [4.78, 5) is 18.2. The molecule has 2 aromatic carbocycles. The Bertz CT molecular complexity index is 1190. The zero-order valence-electron chi connectivity index (χ0n) is 15.6. The molecule has 0 bridgehead atoms. The maximum absolute atomic E-state index is 12.2. The molecule has 1 amide bonds. The summed E-state index contributed by atoms with van der Waals surface area (Å²) in [7, 11) is 1.32. The highest BCUT2D eigenvalue weighted by molar-refractivity contribution is 7.99. The van der Waals surface area contributed by atoms with Gasteiger partial charge >= 0.3 is 0 Å². The number of amides is 1. The third-order valence-corrected chi connectivity index (χ3v) is 5.37. The molecule has 4 rings (SSSR count). The Morgan fingerprint density at radius 3 is 2.72 bits per heavy atom. The topological polar surface area (TPSA) is 82.1 Å². The third-order valence-electron chi connectivity index (χ3n) is 4.30. The Morgan fingerprint density at radius 1 is 1.10 bits per heavy atom. The summed E-state index contributed by atoms with van der Waals surface area (Å²) < 4.78 is 0. The molecule has 0 saturated heterocycles. The van der Waals surface area contributed by atoms with Crippen molar-refractivity contribution in [1.82, 2.24) is 20.2 Å². The molecule has 144 valence electrons. The van der Waals surface area contributed by atoms with E-state index >= 15 is 0 Å². The van der Waals surface area contributed by atoms with Gasteiger partial charge in [-0.25, -0.2) is 5.06 Å². The van der Waals surface area contributed by atoms with E-state index in [4.69, 9.17) is 0 Å². The molecule has 2 aromatic heterocycles. The minimum absolute atomic E-state index is 0.447. The fourth-order valence-corrected chi connectivity index (χ4v) is 3.86. The van der Waals surface area contributed by atoms with Gasteiger partial charge in [0.2, 0.25) is 0 Å². The molecule has 0 aliphatic rings. The van der Waals surface area contributed by atoms with Crippen LogP contribution in [0, 0.1) is 0 Å². The van der Waals surface area contributed by atoms with Crippen molar-refractivity contribution in [2.24, 2.45) is 0 Å². The number of pyridine rings is 1. The van der Waals surface area contributed by atoms with Crippen molar-refractivity contribution in [2.45, 2.75) is 9.79 Å². The van der Waals surface area contributed by atoms with Gasteiger partial charge in [0.25, 0.3) is 5.91 Å². The zero-order valence-corrected chi connectivity index (χ0v) is 16.4. The maximum Gasteiger partial charge on any atom is 0.278 e. The number of H-pyrrole nitrogens is 1. The molecule has 0 unspecified atom stereocenters. The number of fused-ring (bicyclic) bond motifs is 1. The molecule has 0 spiro atoms. The summed E-state index contributed by atoms with van der Waals surface area (Å²) in [6.07, 6.45) is 5.60. The number of carbonyl (C=O) groups is 1. The highest BCUT2D eigenvalue weighted by Crippen LogP contribution is 2.33. The Morgan fingerprint density at radius 2 is 1.93 bits per heavy atom. The van der Waals surface area contributed by atoms with E-state index in [9.17, 15) is 10.0 Å². The van der Waals surface area contributed by atoms with E-state index < -0.39 is 5.91 Å². The van der Waals surface area contributed by atoms with Crippen LogP contribution in [-0.2, 0) is 0 Å². The number of nitrogens with zero attached hydrogens (tertiary/aromatic N) is 3. The van der Waals surface area contributed by atoms with Crippen LogP contribution in [0.25, 0.3) is 23.1 Å². The van der Waals surface area contributed by atoms with Crippen molar-refractivity contribution < 1.29 is 10.0 Å². The molecule has 7 heteroatoms. The van der Waals surface area contributed by atoms with Crippen LogP contribution >= 0.6 is 11.8 Å². The quantitative estimate of drug-likeness (QED) is 0.372. The van der Waals surface area contributed by atoms with E-state index in [0.717, 1.165) is 32.1 Å². The summed E-state index contributed by atoms with van der Waals surface area (Å²) in [5.41, 5.74) is 3.05. The summed E-state index contributed by atoms with van der Waals surface area (Å²) in [6, 6.07) is 18.9. The summed E-state index contributed by atoms with van der Waals surface area (Å²) >= 11 is 1.46. The van der Waals surface area contributed by atoms with Crippen LogP contribution in [0.15, 0.2) is 76.7 Å². The average molecular weight is 402 g/mol. The minimum Gasteiger partial charge on any atom is -0.286 e. The fraction of sp³-hybridized carbons (Fsp3) is 0.0455. The van der Waals surface area contributed by atoms with Crippen LogP contribution < -0.4 is 0 Å². The number of hydrogen-bond acceptors (Lipinski definition) is 5. The van der Waals surface area contributed by atoms with Crippen LogP contribution in [0.2, 0.25) is 0 Å². The Hall–Kier alpha value is -3.42. The maximum atomic E-state index is 12.2. The van der Waals surface area contributed by atoms with Crippen molar-refractivity contribution in [3.8, 4) is 0 Å². The largest absolute Gasteiger partial charge is 0.286 e. The molecule has 2 N–H and O–H groups in total. The van der Waals surface area contributed by atoms with Crippen molar-refractivity contribution in [3.05, 3.63) is 83.8 Å². The molecule has 0 aliphatic carbocycles. The van der Waals surface area contributed by atoms with Gasteiger partial charge in [-0.05, 0) is 54.6 Å². The van der Waals surface area contributed by atoms with Gasteiger partial charge in [-0.1, -0.05) is 30.0 Å². The first kappa shape index (κ1) is 18.9. The lowest BCUT2D eigenvalue weighted by atomic mass is 10.2. The van der Waals surface area contributed by atoms with Gasteiger partial charge in [-0.15, -0.1) is 0 Å². The molecule has 0 fully saturated rings. The number of hydrogen-bond donors (Lipinski definition) is 2. The van der Waals surface area contributed by atoms with Crippen LogP contribution in [0.1, 0.15) is 21.7 Å². The van der Waals surface area contributed by atoms with Crippen LogP contribution in [0.4, 0.5) is 0 Å². The van der Waals surface area contributed by atoms with Crippen molar-refractivity contribution in [1.29, 1.82) is 0 Å². The lowest BCUT2D eigenvalue weighted by Gasteiger charge is -2.12. The minimum atomic E-state index is -0.447. The summed E-state index contributed by atoms with van der Waals surface area (Å²) in [5, 5.41) is 18.5. The standard InChI is InChI=1S/C22H18N4O2S/c1-26(28)22(27)18-7-2-3-8-21(18)29-16-10-11-17-19(24-25-20(17)14-16)12-9-15-6-4-5-13-23-15/h2-14,28H,1H3,(H,24,25)/b12-9+. The normalized spacial score (nSPS) is 11.2. The van der Waals surface area contributed by atoms with Gasteiger partial charge in [0.05, 0.1) is 22.5 Å². The SMILES string of the molecule is CN(O)C(=O)c1ccccc1Sc1ccc2c(/C=C/c3ccccn3)n[nH]c2c1. The molecule has 29 heavy (non-hydrogen) atoms. The van der Waals surface area contributed by atoms with Gasteiger partial charge in [-0.2, -0.15) is 5.10 Å². The second-order valence-electron chi connectivity index (χ2n) is 6.33. The molecule has 2 heterocycles. The number of benzene rings is 2. The average Bonchev–Trinajstić information content (AvgIpc) is 3.15. The van der Waals surface area contributed by atoms with E-state index in [2.05, 4.69) is 15.2 Å². The summed E-state index contributed by atoms with van der Waals surface area (Å²) in [5.74, 6) is -0.447. The number of carbonyl (C=O) groups excluding carboxylic acids is 1. The van der Waals surface area contributed by atoms with Gasteiger partial charge in [-0.3, -0.25) is 20.1 Å². The van der Waals surface area contributed by atoms with Gasteiger partial charge in [0, 0.05) is 28.4 Å². The van der Waals surface area contributed by atoms with Crippen LogP contribution in [0.3, 0.4) is 0 Å². The molecule has 6 nitrogen and oxygen atoms in total. The molecule has 0 radical (unpaired) electrons. The third kappa shape index (κ3) is 4.21. The molecular formula is C22H18N4O2S. The zero-order chi connectivity index (χ0) is 20.2. The number of aromatic amines is 1. The highest BCUT2D eigenvalue weighted by atomic mass is 32.2. The number of hydroxylamine groups is 2. The smallest absolute Gasteiger partial charge is 0.278 e. The van der Waals surface area contributed by atoms with E-state index in [0.29, 0.717) is 10.6 Å². The molecule has 0 saturated carbocycles. The Kier molecular flexibility index (Phi) is 5.41. The molecule has 0 aliphatic heterocycles. The lowest BCUT2D eigenvalue weighted by molar-refractivity contribution is -0.0377.